The number of carbonyl (C=O) groups excluding carboxylic acids is 5. The minimum absolute atomic E-state index is 0.00178. The molecule has 5 unspecified atom stereocenters. The van der Waals surface area contributed by atoms with E-state index in [-0.39, 0.29) is 49.3 Å². The first-order chi connectivity index (χ1) is 27.8. The van der Waals surface area contributed by atoms with Gasteiger partial charge in [-0.05, 0) is 76.8 Å². The molecule has 4 fully saturated rings. The van der Waals surface area contributed by atoms with Gasteiger partial charge in [-0.15, -0.1) is 17.9 Å². The predicted molar refractivity (Wildman–Crippen MR) is 218 cm³/mol. The zero-order chi connectivity index (χ0) is 41.3. The second-order valence-corrected chi connectivity index (χ2v) is 17.3. The molecular weight excluding hydrogens is 763 g/mol. The van der Waals surface area contributed by atoms with Crippen molar-refractivity contribution in [1.29, 1.82) is 0 Å². The van der Waals surface area contributed by atoms with Crippen LogP contribution in [-0.4, -0.2) is 94.1 Å². The van der Waals surface area contributed by atoms with Gasteiger partial charge in [-0.2, -0.15) is 0 Å². The number of amides is 5. The first-order valence-corrected chi connectivity index (χ1v) is 21.1. The molecule has 310 valence electrons. The van der Waals surface area contributed by atoms with Crippen LogP contribution in [0.4, 0.5) is 9.93 Å². The molecule has 15 nitrogen and oxygen atoms in total. The smallest absolute Gasteiger partial charge is 0.408 e. The van der Waals surface area contributed by atoms with Crippen molar-refractivity contribution in [2.45, 2.75) is 115 Å². The number of pyridine rings is 1. The molecule has 3 saturated carbocycles. The van der Waals surface area contributed by atoms with Gasteiger partial charge in [0.2, 0.25) is 17.7 Å². The quantitative estimate of drug-likeness (QED) is 0.114. The number of anilines is 1. The third-order valence-electron chi connectivity index (χ3n) is 11.3. The van der Waals surface area contributed by atoms with E-state index in [2.05, 4.69) is 27.8 Å². The Kier molecular flexibility index (Phi) is 11.9. The zero-order valence-electron chi connectivity index (χ0n) is 33.7. The summed E-state index contributed by atoms with van der Waals surface area (Å²) in [7, 11) is 1.58. The minimum Gasteiger partial charge on any atom is -0.497 e. The zero-order valence-corrected chi connectivity index (χ0v) is 34.5. The van der Waals surface area contributed by atoms with E-state index in [4.69, 9.17) is 24.2 Å². The number of carbonyl (C=O) groups is 5. The molecule has 58 heavy (non-hydrogen) atoms. The molecule has 0 bridgehead atoms. The van der Waals surface area contributed by atoms with Crippen molar-refractivity contribution in [3.63, 3.8) is 0 Å². The monoisotopic (exact) mass is 815 g/mol. The summed E-state index contributed by atoms with van der Waals surface area (Å²) in [6.07, 6.45) is 5.24. The van der Waals surface area contributed by atoms with Crippen LogP contribution in [0.3, 0.4) is 0 Å². The molecule has 1 saturated heterocycles. The number of methoxy groups -OCH3 is 1. The van der Waals surface area contributed by atoms with Gasteiger partial charge in [0.05, 0.1) is 24.9 Å². The second kappa shape index (κ2) is 16.9. The van der Waals surface area contributed by atoms with E-state index in [0.717, 1.165) is 30.8 Å². The molecule has 4 aliphatic rings. The summed E-state index contributed by atoms with van der Waals surface area (Å²) >= 11 is 1.46. The SMILES string of the molecule is C=CC1CC1(NC(=O)C1CC(Oc2cc(-c3csc(NC(C)C)n3)nc3cc(OC)ccc23)CN1C(=O)C(NC(=O)OC1CCCC1)C(C)C)C(=O)NC(=O)C1CC1. The van der Waals surface area contributed by atoms with Crippen molar-refractivity contribution in [3.8, 4) is 22.9 Å². The van der Waals surface area contributed by atoms with E-state index in [1.165, 1.54) is 16.2 Å². The average molecular weight is 816 g/mol. The van der Waals surface area contributed by atoms with Crippen molar-refractivity contribution in [2.24, 2.45) is 17.8 Å². The maximum absolute atomic E-state index is 14.6. The topological polar surface area (TPSA) is 190 Å². The second-order valence-electron chi connectivity index (χ2n) is 16.5. The van der Waals surface area contributed by atoms with Crippen LogP contribution in [0.2, 0.25) is 0 Å². The highest BCUT2D eigenvalue weighted by Gasteiger charge is 2.61. The minimum atomic E-state index is -1.39. The number of fused-ring (bicyclic) bond motifs is 1. The van der Waals surface area contributed by atoms with Crippen molar-refractivity contribution >= 4 is 57.1 Å². The number of hydrogen-bond acceptors (Lipinski definition) is 12. The Morgan fingerprint density at radius 1 is 0.983 bits per heavy atom. The van der Waals surface area contributed by atoms with E-state index < -0.39 is 53.5 Å². The number of likely N-dealkylation sites (tertiary alicyclic amines) is 1. The molecule has 5 amide bonds. The number of rotatable bonds is 15. The molecule has 0 radical (unpaired) electrons. The van der Waals surface area contributed by atoms with E-state index in [9.17, 15) is 24.0 Å². The Balaban J connectivity index is 1.18. The molecule has 3 aliphatic carbocycles. The summed E-state index contributed by atoms with van der Waals surface area (Å²) in [5.41, 5.74) is 0.417. The van der Waals surface area contributed by atoms with E-state index in [1.54, 1.807) is 31.4 Å². The fraction of sp³-hybridized carbons (Fsp3) is 0.548. The van der Waals surface area contributed by atoms with Crippen LogP contribution in [0.15, 0.2) is 42.3 Å². The van der Waals surface area contributed by atoms with Crippen molar-refractivity contribution in [2.75, 3.05) is 19.0 Å². The molecule has 4 N–H and O–H groups in total. The van der Waals surface area contributed by atoms with Gasteiger partial charge in [-0.3, -0.25) is 24.5 Å². The van der Waals surface area contributed by atoms with Crippen LogP contribution in [0.5, 0.6) is 11.5 Å². The van der Waals surface area contributed by atoms with Gasteiger partial charge in [0.15, 0.2) is 5.13 Å². The predicted octanol–water partition coefficient (Wildman–Crippen LogP) is 5.34. The summed E-state index contributed by atoms with van der Waals surface area (Å²) < 4.78 is 17.9. The van der Waals surface area contributed by atoms with Crippen LogP contribution < -0.4 is 30.7 Å². The number of aromatic nitrogens is 2. The van der Waals surface area contributed by atoms with Crippen LogP contribution in [0, 0.1) is 17.8 Å². The fourth-order valence-electron chi connectivity index (χ4n) is 7.81. The Hall–Kier alpha value is -5.25. The first kappa shape index (κ1) is 40.9. The Morgan fingerprint density at radius 2 is 1.74 bits per heavy atom. The summed E-state index contributed by atoms with van der Waals surface area (Å²) in [5.74, 6) is -1.92. The molecule has 5 atom stereocenters. The van der Waals surface area contributed by atoms with Crippen molar-refractivity contribution < 1.29 is 38.2 Å². The third-order valence-corrected chi connectivity index (χ3v) is 12.1. The summed E-state index contributed by atoms with van der Waals surface area (Å²) in [6, 6.07) is 5.34. The average Bonchev–Trinajstić information content (AvgIpc) is 3.97. The number of thiazole rings is 1. The number of alkyl carbamates (subject to hydrolysis) is 1. The van der Waals surface area contributed by atoms with Crippen molar-refractivity contribution in [1.82, 2.24) is 30.8 Å². The standard InChI is InChI=1S/C42H53N7O8S/c1-7-25-19-42(25,39(53)47-36(50)24-12-13-24)48-37(51)33-17-28(20-49(33)38(52)35(22(2)3)46-41(54)57-26-10-8-9-11-26)56-34-18-31(32-21-58-40(45-32)43-23(4)5)44-30-16-27(55-6)14-15-29(30)34/h7,14-16,18,21-26,28,33,35H,1,8-13,17,19-20H2,2-6H3,(H,43,45)(H,46,54)(H,48,51)(H,47,50,53). The molecule has 16 heteroatoms. The molecule has 1 aromatic carbocycles. The van der Waals surface area contributed by atoms with Crippen LogP contribution in [-0.2, 0) is 23.9 Å². The lowest BCUT2D eigenvalue weighted by molar-refractivity contribution is -0.142. The Bertz CT molecular complexity index is 2080. The first-order valence-electron chi connectivity index (χ1n) is 20.2. The van der Waals surface area contributed by atoms with Crippen LogP contribution in [0.25, 0.3) is 22.3 Å². The van der Waals surface area contributed by atoms with Gasteiger partial charge in [0.1, 0.15) is 47.0 Å². The lowest BCUT2D eigenvalue weighted by Gasteiger charge is -2.31. The van der Waals surface area contributed by atoms with Crippen LogP contribution in [0.1, 0.15) is 79.1 Å². The lowest BCUT2D eigenvalue weighted by Crippen LogP contribution is -2.59. The Labute approximate surface area is 342 Å². The summed E-state index contributed by atoms with van der Waals surface area (Å²) in [4.78, 5) is 79.4. The maximum Gasteiger partial charge on any atom is 0.408 e. The number of imide groups is 1. The number of nitrogens with zero attached hydrogens (tertiary/aromatic N) is 3. The lowest BCUT2D eigenvalue weighted by atomic mass is 10.0. The molecular formula is C42H53N7O8S. The largest absolute Gasteiger partial charge is 0.497 e. The number of nitrogens with one attached hydrogen (secondary N) is 4. The normalized spacial score (nSPS) is 23.4. The highest BCUT2D eigenvalue weighted by atomic mass is 32.1. The molecule has 3 heterocycles. The number of benzene rings is 1. The van der Waals surface area contributed by atoms with Gasteiger partial charge >= 0.3 is 6.09 Å². The van der Waals surface area contributed by atoms with E-state index >= 15 is 0 Å². The number of hydrogen-bond donors (Lipinski definition) is 4. The van der Waals surface area contributed by atoms with E-state index in [0.29, 0.717) is 46.6 Å². The fourth-order valence-corrected chi connectivity index (χ4v) is 8.66. The molecule has 7 rings (SSSR count). The highest BCUT2D eigenvalue weighted by Crippen LogP contribution is 2.45. The van der Waals surface area contributed by atoms with Gasteiger partial charge in [0, 0.05) is 47.2 Å². The maximum atomic E-state index is 14.6. The molecule has 3 aromatic rings. The van der Waals surface area contributed by atoms with Gasteiger partial charge in [0.25, 0.3) is 5.91 Å². The molecule has 0 spiro atoms. The van der Waals surface area contributed by atoms with Gasteiger partial charge in [-0.1, -0.05) is 19.9 Å². The summed E-state index contributed by atoms with van der Waals surface area (Å²) in [6.45, 7) is 11.5. The highest BCUT2D eigenvalue weighted by molar-refractivity contribution is 7.14. The van der Waals surface area contributed by atoms with Gasteiger partial charge in [-0.25, -0.2) is 14.8 Å². The third kappa shape index (κ3) is 8.91. The molecule has 1 aliphatic heterocycles. The number of ether oxygens (including phenoxy) is 3. The van der Waals surface area contributed by atoms with Crippen molar-refractivity contribution in [3.05, 3.63) is 42.3 Å². The van der Waals surface area contributed by atoms with E-state index in [1.807, 2.05) is 39.1 Å². The van der Waals surface area contributed by atoms with Crippen LogP contribution >= 0.6 is 11.3 Å². The molecule has 2 aromatic heterocycles. The Morgan fingerprint density at radius 3 is 2.40 bits per heavy atom. The summed E-state index contributed by atoms with van der Waals surface area (Å²) in [5, 5.41) is 14.9. The van der Waals surface area contributed by atoms with Gasteiger partial charge < -0.3 is 35.1 Å².